The Morgan fingerprint density at radius 1 is 1.36 bits per heavy atom. The highest BCUT2D eigenvalue weighted by molar-refractivity contribution is 7.40. The van der Waals surface area contributed by atoms with Gasteiger partial charge < -0.3 is 25.2 Å². The Bertz CT molecular complexity index is 994. The van der Waals surface area contributed by atoms with E-state index < -0.39 is 32.6 Å². The van der Waals surface area contributed by atoms with E-state index >= 15 is 0 Å². The summed E-state index contributed by atoms with van der Waals surface area (Å²) in [6.07, 6.45) is 1.15. The summed E-state index contributed by atoms with van der Waals surface area (Å²) in [5.74, 6) is -0.0886. The summed E-state index contributed by atoms with van der Waals surface area (Å²) < 4.78 is 25.8. The van der Waals surface area contributed by atoms with E-state index in [1.807, 2.05) is 27.7 Å². The van der Waals surface area contributed by atoms with Crippen molar-refractivity contribution in [3.8, 4) is 0 Å². The number of anilines is 1. The van der Waals surface area contributed by atoms with E-state index in [0.29, 0.717) is 12.8 Å². The lowest BCUT2D eigenvalue weighted by molar-refractivity contribution is -0.105. The van der Waals surface area contributed by atoms with Crippen LogP contribution in [0, 0.1) is 0 Å². The molecule has 2 aromatic rings. The summed E-state index contributed by atoms with van der Waals surface area (Å²) in [6, 6.07) is 0. The van der Waals surface area contributed by atoms with E-state index in [0.717, 1.165) is 12.8 Å². The van der Waals surface area contributed by atoms with Gasteiger partial charge in [0, 0.05) is 17.0 Å². The van der Waals surface area contributed by atoms with Crippen LogP contribution < -0.4 is 5.73 Å². The molecule has 0 aliphatic rings. The third kappa shape index (κ3) is 6.41. The van der Waals surface area contributed by atoms with Crippen LogP contribution >= 0.6 is 8.03 Å². The number of aromatic nitrogens is 4. The molecule has 4 N–H and O–H groups in total. The van der Waals surface area contributed by atoms with E-state index in [1.54, 1.807) is 0 Å². The maximum Gasteiger partial charge on any atom is 0.201 e. The second-order valence-corrected chi connectivity index (χ2v) is 9.56. The van der Waals surface area contributed by atoms with Crippen LogP contribution in [0.1, 0.15) is 59.6 Å². The van der Waals surface area contributed by atoms with Gasteiger partial charge in [0.15, 0.2) is 31.2 Å². The minimum Gasteiger partial charge on any atom is -0.394 e. The van der Waals surface area contributed by atoms with Crippen molar-refractivity contribution in [1.82, 2.24) is 19.5 Å². The Balaban J connectivity index is 2.29. The molecule has 0 bridgehead atoms. The van der Waals surface area contributed by atoms with Crippen LogP contribution in [-0.2, 0) is 13.8 Å². The highest BCUT2D eigenvalue weighted by Gasteiger charge is 2.31. The third-order valence-corrected chi connectivity index (χ3v) is 7.90. The van der Waals surface area contributed by atoms with Gasteiger partial charge in [0.25, 0.3) is 0 Å². The maximum absolute atomic E-state index is 12.7. The molecule has 0 spiro atoms. The van der Waals surface area contributed by atoms with Gasteiger partial charge in [-0.05, 0) is 36.8 Å². The van der Waals surface area contributed by atoms with Crippen molar-refractivity contribution in [3.63, 3.8) is 0 Å². The molecule has 0 aliphatic carbocycles. The smallest absolute Gasteiger partial charge is 0.201 e. The van der Waals surface area contributed by atoms with E-state index in [-0.39, 0.29) is 35.2 Å². The van der Waals surface area contributed by atoms with Crippen LogP contribution in [0.4, 0.5) is 11.8 Å². The molecule has 33 heavy (non-hydrogen) atoms. The molecule has 0 saturated heterocycles. The highest BCUT2D eigenvalue weighted by atomic mass is 31.1. The molecular weight excluding hydrogens is 451 g/mol. The Kier molecular flexibility index (Phi) is 10.0. The Morgan fingerprint density at radius 2 is 2.06 bits per heavy atom. The van der Waals surface area contributed by atoms with Gasteiger partial charge in [-0.25, -0.2) is 15.0 Å². The van der Waals surface area contributed by atoms with Gasteiger partial charge in [-0.2, -0.15) is 0 Å². The first-order chi connectivity index (χ1) is 15.7. The monoisotopic (exact) mass is 484 g/mol. The molecule has 0 aromatic carbocycles. The molecule has 0 aliphatic heterocycles. The number of ether oxygens (including phenoxy) is 1. The average Bonchev–Trinajstić information content (AvgIpc) is 3.16. The van der Waals surface area contributed by atoms with Crippen molar-refractivity contribution in [2.75, 3.05) is 18.9 Å². The number of azide groups is 1. The zero-order valence-electron chi connectivity index (χ0n) is 19.4. The lowest BCUT2D eigenvalue weighted by atomic mass is 10.0. The summed E-state index contributed by atoms with van der Waals surface area (Å²) in [5.41, 5.74) is 14.5. The largest absolute Gasteiger partial charge is 0.394 e. The summed E-state index contributed by atoms with van der Waals surface area (Å²) >= 11 is 0. The molecule has 14 heteroatoms. The molecular formula is C19H33N8O5P. The summed E-state index contributed by atoms with van der Waals surface area (Å²) in [4.78, 5) is 14.9. The quantitative estimate of drug-likeness (QED) is 0.156. The molecule has 0 amide bonds. The van der Waals surface area contributed by atoms with Gasteiger partial charge in [0.2, 0.25) is 5.95 Å². The number of imidazole rings is 1. The number of hydrogen-bond donors (Lipinski definition) is 3. The lowest BCUT2D eigenvalue weighted by Gasteiger charge is -2.31. The van der Waals surface area contributed by atoms with Crippen LogP contribution in [-0.4, -0.2) is 60.3 Å². The number of nitrogens with zero attached hydrogens (tertiary/aromatic N) is 7. The first kappa shape index (κ1) is 27.0. The predicted molar refractivity (Wildman–Crippen MR) is 124 cm³/mol. The Hall–Kier alpha value is -2.27. The van der Waals surface area contributed by atoms with Gasteiger partial charge >= 0.3 is 0 Å². The number of fused-ring (bicyclic) bond motifs is 1. The van der Waals surface area contributed by atoms with Crippen molar-refractivity contribution in [2.24, 2.45) is 5.11 Å². The maximum atomic E-state index is 12.7. The number of hydrogen-bond acceptors (Lipinski definition) is 10. The standard InChI is InChI=1S/C19H33N8O5P/c1-5-12(6-2)33(30)32-19(4,7-3)8-9-31-17(13(29)10-28)27-16-14(15(20)22-11-23-16)24-18(27)25-26-21/h11-13,17,28-29,33H,5-10H2,1-4H3,(H2,20,22,23)/t13-,17?,19?/m1/s1. The third-order valence-electron chi connectivity index (χ3n) is 5.72. The SMILES string of the molecule is CCC(CC)[PH](=O)OC(C)(CC)CCOC([C@H](O)CO)n1c(N=[N+]=[N-])nc2c(N)ncnc21. The van der Waals surface area contributed by atoms with Gasteiger partial charge in [0.1, 0.15) is 12.4 Å². The van der Waals surface area contributed by atoms with E-state index in [2.05, 4.69) is 25.0 Å². The molecule has 184 valence electrons. The molecule has 4 atom stereocenters. The van der Waals surface area contributed by atoms with Gasteiger partial charge in [-0.1, -0.05) is 20.8 Å². The fourth-order valence-corrected chi connectivity index (χ4v) is 4.92. The van der Waals surface area contributed by atoms with E-state index in [1.165, 1.54) is 10.9 Å². The van der Waals surface area contributed by atoms with Crippen LogP contribution in [0.25, 0.3) is 21.6 Å². The summed E-state index contributed by atoms with van der Waals surface area (Å²) in [5, 5.41) is 23.6. The van der Waals surface area contributed by atoms with Crippen LogP contribution in [0.3, 0.4) is 0 Å². The van der Waals surface area contributed by atoms with E-state index in [9.17, 15) is 14.8 Å². The fourth-order valence-electron chi connectivity index (χ4n) is 3.35. The van der Waals surface area contributed by atoms with Crippen molar-refractivity contribution in [2.45, 2.75) is 77.0 Å². The van der Waals surface area contributed by atoms with Crippen molar-refractivity contribution in [3.05, 3.63) is 16.8 Å². The zero-order valence-corrected chi connectivity index (χ0v) is 20.4. The minimum absolute atomic E-state index is 0.0135. The predicted octanol–water partition coefficient (Wildman–Crippen LogP) is 3.46. The first-order valence-electron chi connectivity index (χ1n) is 10.9. The number of aliphatic hydroxyl groups is 2. The van der Waals surface area contributed by atoms with Crippen LogP contribution in [0.5, 0.6) is 0 Å². The van der Waals surface area contributed by atoms with E-state index in [4.69, 9.17) is 20.5 Å². The summed E-state index contributed by atoms with van der Waals surface area (Å²) in [6.45, 7) is 7.22. The molecule has 0 radical (unpaired) electrons. The van der Waals surface area contributed by atoms with Crippen molar-refractivity contribution >= 4 is 31.0 Å². The number of rotatable bonds is 14. The topological polar surface area (TPSA) is 194 Å². The second kappa shape index (κ2) is 12.3. The van der Waals surface area contributed by atoms with Crippen LogP contribution in [0.2, 0.25) is 0 Å². The zero-order chi connectivity index (χ0) is 24.6. The number of aliphatic hydroxyl groups excluding tert-OH is 2. The molecule has 0 fully saturated rings. The number of nitrogens with two attached hydrogens (primary N) is 1. The fraction of sp³-hybridized carbons (Fsp3) is 0.737. The average molecular weight is 484 g/mol. The molecule has 2 heterocycles. The minimum atomic E-state index is -2.26. The molecule has 3 unspecified atom stereocenters. The molecule has 2 aromatic heterocycles. The first-order valence-corrected chi connectivity index (χ1v) is 12.3. The normalized spacial score (nSPS) is 16.3. The van der Waals surface area contributed by atoms with Gasteiger partial charge in [0.05, 0.1) is 18.8 Å². The molecule has 0 saturated carbocycles. The molecule has 2 rings (SSSR count). The van der Waals surface area contributed by atoms with Gasteiger partial charge in [-0.15, -0.1) is 0 Å². The lowest BCUT2D eigenvalue weighted by Crippen LogP contribution is -2.33. The second-order valence-electron chi connectivity index (χ2n) is 7.90. The molecule has 13 nitrogen and oxygen atoms in total. The van der Waals surface area contributed by atoms with Crippen LogP contribution in [0.15, 0.2) is 11.4 Å². The van der Waals surface area contributed by atoms with Crippen molar-refractivity contribution < 1.29 is 24.0 Å². The highest BCUT2D eigenvalue weighted by Crippen LogP contribution is 2.41. The van der Waals surface area contributed by atoms with Crippen molar-refractivity contribution in [1.29, 1.82) is 0 Å². The van der Waals surface area contributed by atoms with Gasteiger partial charge in [-0.3, -0.25) is 9.13 Å². The summed E-state index contributed by atoms with van der Waals surface area (Å²) in [7, 11) is -2.26. The Labute approximate surface area is 192 Å². The Morgan fingerprint density at radius 3 is 2.64 bits per heavy atom. The number of nitrogen functional groups attached to an aromatic ring is 1.